The first-order chi connectivity index (χ1) is 13.5. The lowest BCUT2D eigenvalue weighted by molar-refractivity contribution is -0.575. The number of rotatable bonds is 6. The van der Waals surface area contributed by atoms with Crippen LogP contribution in [-0.2, 0) is 6.42 Å². The molecule has 144 valence electrons. The molecule has 0 amide bonds. The van der Waals surface area contributed by atoms with Crippen LogP contribution in [0.2, 0.25) is 0 Å². The van der Waals surface area contributed by atoms with Crippen LogP contribution in [0.5, 0.6) is 0 Å². The van der Waals surface area contributed by atoms with Gasteiger partial charge >= 0.3 is 0 Å². The molecule has 0 aliphatic carbocycles. The lowest BCUT2D eigenvalue weighted by Gasteiger charge is -2.14. The first-order valence-electron chi connectivity index (χ1n) is 9.06. The van der Waals surface area contributed by atoms with Gasteiger partial charge in [-0.3, -0.25) is 0 Å². The molecule has 0 spiro atoms. The highest BCUT2D eigenvalue weighted by Crippen LogP contribution is 2.24. The summed E-state index contributed by atoms with van der Waals surface area (Å²) in [4.78, 5) is 3.27. The van der Waals surface area contributed by atoms with Gasteiger partial charge in [0.15, 0.2) is 17.4 Å². The number of nitrogens with zero attached hydrogens (tertiary/aromatic N) is 2. The van der Waals surface area contributed by atoms with Gasteiger partial charge in [-0.2, -0.15) is 4.57 Å². The number of aliphatic hydroxyl groups is 1. The summed E-state index contributed by atoms with van der Waals surface area (Å²) in [5.41, 5.74) is 3.75. The molecule has 3 aromatic rings. The van der Waals surface area contributed by atoms with Crippen LogP contribution in [0.4, 0.5) is 11.4 Å². The molecule has 0 radical (unpaired) electrons. The number of benzene rings is 1. The van der Waals surface area contributed by atoms with E-state index in [4.69, 9.17) is 12.2 Å². The maximum atomic E-state index is 11.0. The summed E-state index contributed by atoms with van der Waals surface area (Å²) in [6.07, 6.45) is 4.72. The van der Waals surface area contributed by atoms with Crippen molar-refractivity contribution in [3.8, 4) is 0 Å². The van der Waals surface area contributed by atoms with Gasteiger partial charge in [-0.05, 0) is 29.5 Å². The highest BCUT2D eigenvalue weighted by Gasteiger charge is 2.25. The van der Waals surface area contributed by atoms with Crippen molar-refractivity contribution in [3.05, 3.63) is 76.7 Å². The Morgan fingerprint density at radius 2 is 1.82 bits per heavy atom. The fourth-order valence-corrected chi connectivity index (χ4v) is 3.86. The van der Waals surface area contributed by atoms with Crippen LogP contribution in [0, 0.1) is 0 Å². The quantitative estimate of drug-likeness (QED) is 0.260. The third-order valence-corrected chi connectivity index (χ3v) is 5.60. The van der Waals surface area contributed by atoms with E-state index in [0.29, 0.717) is 10.7 Å². The molecule has 0 aliphatic heterocycles. The van der Waals surface area contributed by atoms with E-state index in [0.717, 1.165) is 22.7 Å². The lowest BCUT2D eigenvalue weighted by atomic mass is 10.1. The van der Waals surface area contributed by atoms with Gasteiger partial charge in [0.2, 0.25) is 5.76 Å². The molecule has 2 aromatic heterocycles. The summed E-state index contributed by atoms with van der Waals surface area (Å²) in [5.74, 6) is 0.157. The largest absolute Gasteiger partial charge is 0.501 e. The molecule has 4 nitrogen and oxygen atoms in total. The normalized spacial score (nSPS) is 11.7. The number of hydrogen-bond donors (Lipinski definition) is 2. The van der Waals surface area contributed by atoms with E-state index >= 15 is 0 Å². The standard InChI is InChI=1S/C22H23N3OS2/c1-4-16-8-5-6-9-18(16)23-22(27)20(21(26)19-10-7-15-28-19)25-13-11-17(12-14-25)24(2)3/h5-15H,4H2,1-3H3,(H-,23,26,27)/p+1. The lowest BCUT2D eigenvalue weighted by Crippen LogP contribution is -2.38. The van der Waals surface area contributed by atoms with Crippen LogP contribution in [0.3, 0.4) is 0 Å². The van der Waals surface area contributed by atoms with Crippen molar-refractivity contribution in [2.24, 2.45) is 0 Å². The SMILES string of the molecule is CCc1ccccc1NC(=S)C(=C(O)c1cccs1)[n+]1ccc(N(C)C)cc1. The van der Waals surface area contributed by atoms with E-state index in [-0.39, 0.29) is 5.76 Å². The van der Waals surface area contributed by atoms with Crippen LogP contribution in [0.15, 0.2) is 66.3 Å². The zero-order chi connectivity index (χ0) is 20.1. The first-order valence-corrected chi connectivity index (χ1v) is 10.4. The number of aromatic nitrogens is 1. The number of thiophene rings is 1. The number of thiocarbonyl (C=S) groups is 1. The summed E-state index contributed by atoms with van der Waals surface area (Å²) in [5, 5.41) is 16.3. The first kappa shape index (κ1) is 20.0. The minimum absolute atomic E-state index is 0.157. The minimum atomic E-state index is 0.157. The molecule has 0 saturated carbocycles. The van der Waals surface area contributed by atoms with E-state index < -0.39 is 0 Å². The summed E-state index contributed by atoms with van der Waals surface area (Å²) >= 11 is 7.20. The molecule has 6 heteroatoms. The molecule has 28 heavy (non-hydrogen) atoms. The molecule has 0 bridgehead atoms. The summed E-state index contributed by atoms with van der Waals surface area (Å²) in [6.45, 7) is 2.11. The van der Waals surface area contributed by atoms with Gasteiger partial charge < -0.3 is 15.3 Å². The molecule has 0 saturated heterocycles. The second-order valence-corrected chi connectivity index (χ2v) is 7.85. The Hall–Kier alpha value is -2.70. The van der Waals surface area contributed by atoms with E-state index in [1.54, 1.807) is 0 Å². The number of nitrogens with one attached hydrogen (secondary N) is 1. The summed E-state index contributed by atoms with van der Waals surface area (Å²) in [6, 6.07) is 15.9. The van der Waals surface area contributed by atoms with Gasteiger partial charge in [-0.25, -0.2) is 0 Å². The molecule has 1 aromatic carbocycles. The maximum Gasteiger partial charge on any atom is 0.289 e. The van der Waals surface area contributed by atoms with Crippen molar-refractivity contribution >= 4 is 51.4 Å². The van der Waals surface area contributed by atoms with Gasteiger partial charge in [0, 0.05) is 37.6 Å². The molecule has 2 heterocycles. The number of para-hydroxylation sites is 1. The second-order valence-electron chi connectivity index (χ2n) is 6.50. The molecule has 2 N–H and O–H groups in total. The van der Waals surface area contributed by atoms with Gasteiger partial charge in [-0.15, -0.1) is 11.3 Å². The third-order valence-electron chi connectivity index (χ3n) is 4.43. The van der Waals surface area contributed by atoms with E-state index in [1.807, 2.05) is 83.8 Å². The van der Waals surface area contributed by atoms with Crippen molar-refractivity contribution in [2.75, 3.05) is 24.3 Å². The van der Waals surface area contributed by atoms with Crippen molar-refractivity contribution in [2.45, 2.75) is 13.3 Å². The number of aliphatic hydroxyl groups excluding tert-OH is 1. The summed E-state index contributed by atoms with van der Waals surface area (Å²) in [7, 11) is 3.99. The fraction of sp³-hybridized carbons (Fsp3) is 0.182. The van der Waals surface area contributed by atoms with Crippen molar-refractivity contribution in [1.29, 1.82) is 0 Å². The Bertz CT molecular complexity index is 977. The smallest absolute Gasteiger partial charge is 0.289 e. The monoisotopic (exact) mass is 410 g/mol. The fourth-order valence-electron chi connectivity index (χ4n) is 2.87. The molecule has 0 unspecified atom stereocenters. The Balaban J connectivity index is 2.04. The minimum Gasteiger partial charge on any atom is -0.501 e. The van der Waals surface area contributed by atoms with Crippen LogP contribution < -0.4 is 14.8 Å². The van der Waals surface area contributed by atoms with Gasteiger partial charge in [-0.1, -0.05) is 43.4 Å². The Kier molecular flexibility index (Phi) is 6.44. The number of hydrogen-bond acceptors (Lipinski definition) is 4. The van der Waals surface area contributed by atoms with Crippen LogP contribution >= 0.6 is 23.6 Å². The summed E-state index contributed by atoms with van der Waals surface area (Å²) < 4.78 is 1.85. The van der Waals surface area contributed by atoms with E-state index in [9.17, 15) is 5.11 Å². The third kappa shape index (κ3) is 4.40. The zero-order valence-corrected chi connectivity index (χ0v) is 17.8. The predicted molar refractivity (Wildman–Crippen MR) is 123 cm³/mol. The highest BCUT2D eigenvalue weighted by atomic mass is 32.1. The number of aryl methyl sites for hydroxylation is 1. The molecule has 0 atom stereocenters. The van der Waals surface area contributed by atoms with Gasteiger partial charge in [0.25, 0.3) is 5.70 Å². The number of pyridine rings is 1. The van der Waals surface area contributed by atoms with Crippen LogP contribution in [0.25, 0.3) is 11.5 Å². The molecule has 0 fully saturated rings. The highest BCUT2D eigenvalue weighted by molar-refractivity contribution is 7.81. The second kappa shape index (κ2) is 8.99. The molecular formula is C22H24N3OS2+. The maximum absolute atomic E-state index is 11.0. The Morgan fingerprint density at radius 1 is 1.11 bits per heavy atom. The predicted octanol–water partition coefficient (Wildman–Crippen LogP) is 4.99. The van der Waals surface area contributed by atoms with E-state index in [2.05, 4.69) is 18.3 Å². The van der Waals surface area contributed by atoms with Crippen molar-refractivity contribution in [3.63, 3.8) is 0 Å². The van der Waals surface area contributed by atoms with Gasteiger partial charge in [0.1, 0.15) is 0 Å². The number of anilines is 2. The van der Waals surface area contributed by atoms with Gasteiger partial charge in [0.05, 0.1) is 4.88 Å². The average Bonchev–Trinajstić information content (AvgIpc) is 3.24. The molecular weight excluding hydrogens is 386 g/mol. The Labute approximate surface area is 175 Å². The van der Waals surface area contributed by atoms with Crippen LogP contribution in [0.1, 0.15) is 17.4 Å². The van der Waals surface area contributed by atoms with E-state index in [1.165, 1.54) is 16.9 Å². The molecule has 3 rings (SSSR count). The topological polar surface area (TPSA) is 39.4 Å². The average molecular weight is 411 g/mol. The Morgan fingerprint density at radius 3 is 2.43 bits per heavy atom. The van der Waals surface area contributed by atoms with Crippen LogP contribution in [-0.4, -0.2) is 24.2 Å². The molecule has 0 aliphatic rings. The zero-order valence-electron chi connectivity index (χ0n) is 16.2. The van der Waals surface area contributed by atoms with Crippen molar-refractivity contribution < 1.29 is 9.67 Å². The van der Waals surface area contributed by atoms with Crippen molar-refractivity contribution in [1.82, 2.24) is 0 Å².